The third-order valence-electron chi connectivity index (χ3n) is 3.65. The number of hydrogen-bond acceptors (Lipinski definition) is 3. The molecule has 0 bridgehead atoms. The van der Waals surface area contributed by atoms with Gasteiger partial charge in [-0.2, -0.15) is 11.3 Å². The summed E-state index contributed by atoms with van der Waals surface area (Å²) < 4.78 is 14.4. The van der Waals surface area contributed by atoms with Crippen molar-refractivity contribution >= 4 is 17.0 Å². The molecule has 4 heteroatoms. The largest absolute Gasteiger partial charge is 0.362 e. The van der Waals surface area contributed by atoms with Crippen LogP contribution in [0.2, 0.25) is 0 Å². The molecule has 0 unspecified atom stereocenters. The molecule has 0 aliphatic heterocycles. The Kier molecular flexibility index (Phi) is 4.03. The van der Waals surface area contributed by atoms with Gasteiger partial charge in [-0.05, 0) is 53.9 Å². The summed E-state index contributed by atoms with van der Waals surface area (Å²) in [6.45, 7) is 1.49. The summed E-state index contributed by atoms with van der Waals surface area (Å²) in [7, 11) is 1.90. The first-order chi connectivity index (χ1) is 9.79. The van der Waals surface area contributed by atoms with Gasteiger partial charge in [0, 0.05) is 19.1 Å². The Morgan fingerprint density at radius 1 is 1.35 bits per heavy atom. The Bertz CT molecular complexity index is 564. The lowest BCUT2D eigenvalue weighted by Crippen LogP contribution is -2.27. The van der Waals surface area contributed by atoms with E-state index in [1.54, 1.807) is 23.5 Å². The molecule has 2 aromatic rings. The summed E-state index contributed by atoms with van der Waals surface area (Å²) in [4.78, 5) is 2.24. The van der Waals surface area contributed by atoms with E-state index in [0.29, 0.717) is 12.6 Å². The third kappa shape index (κ3) is 2.86. The number of hydrogen-bond donors (Lipinski definition) is 1. The molecule has 1 N–H and O–H groups in total. The van der Waals surface area contributed by atoms with Gasteiger partial charge in [0.15, 0.2) is 0 Å². The molecule has 1 saturated carbocycles. The first-order valence-corrected chi connectivity index (χ1v) is 7.93. The van der Waals surface area contributed by atoms with E-state index in [1.165, 1.54) is 5.56 Å². The van der Waals surface area contributed by atoms with E-state index >= 15 is 0 Å². The third-order valence-corrected chi connectivity index (χ3v) is 4.38. The first kappa shape index (κ1) is 13.6. The Hall–Kier alpha value is -1.39. The molecule has 106 valence electrons. The number of benzene rings is 1. The van der Waals surface area contributed by atoms with Crippen LogP contribution >= 0.6 is 11.3 Å². The van der Waals surface area contributed by atoms with Gasteiger partial charge in [-0.1, -0.05) is 12.1 Å². The van der Waals surface area contributed by atoms with Crippen LogP contribution in [0.25, 0.3) is 0 Å². The second-order valence-corrected chi connectivity index (χ2v) is 6.05. The molecule has 0 atom stereocenters. The molecule has 2 nitrogen and oxygen atoms in total. The van der Waals surface area contributed by atoms with Crippen LogP contribution in [0, 0.1) is 5.82 Å². The summed E-state index contributed by atoms with van der Waals surface area (Å²) in [5, 5.41) is 7.36. The molecule has 20 heavy (non-hydrogen) atoms. The minimum atomic E-state index is -0.111. The molecule has 1 aromatic carbocycles. The van der Waals surface area contributed by atoms with Crippen molar-refractivity contribution in [3.63, 3.8) is 0 Å². The number of nitrogens with one attached hydrogen (secondary N) is 1. The van der Waals surface area contributed by atoms with Crippen LogP contribution in [-0.4, -0.2) is 13.1 Å². The number of rotatable bonds is 6. The second kappa shape index (κ2) is 5.94. The lowest BCUT2D eigenvalue weighted by molar-refractivity contribution is 0.609. The van der Waals surface area contributed by atoms with Gasteiger partial charge < -0.3 is 10.2 Å². The summed E-state index contributed by atoms with van der Waals surface area (Å²) >= 11 is 1.69. The molecule has 1 aliphatic rings. The molecule has 1 heterocycles. The van der Waals surface area contributed by atoms with E-state index in [-0.39, 0.29) is 5.82 Å². The zero-order valence-corrected chi connectivity index (χ0v) is 12.4. The van der Waals surface area contributed by atoms with E-state index in [4.69, 9.17) is 0 Å². The monoisotopic (exact) mass is 290 g/mol. The summed E-state index contributed by atoms with van der Waals surface area (Å²) in [5.74, 6) is -0.111. The Labute approximate surface area is 123 Å². The second-order valence-electron chi connectivity index (χ2n) is 5.27. The van der Waals surface area contributed by atoms with Gasteiger partial charge in [-0.25, -0.2) is 4.39 Å². The van der Waals surface area contributed by atoms with Gasteiger partial charge in [0.05, 0.1) is 5.69 Å². The average molecular weight is 290 g/mol. The standard InChI is InChI=1S/C16H19FN2S/c1-18-9-13-3-2-4-15(17)16(13)19(14-5-6-14)10-12-7-8-20-11-12/h2-4,7-8,11,14,18H,5-6,9-10H2,1H3. The van der Waals surface area contributed by atoms with Gasteiger partial charge in [-0.3, -0.25) is 0 Å². The Morgan fingerprint density at radius 2 is 2.20 bits per heavy atom. The van der Waals surface area contributed by atoms with Crippen molar-refractivity contribution in [2.45, 2.75) is 32.0 Å². The predicted octanol–water partition coefficient (Wildman–Crippen LogP) is 3.78. The fraction of sp³-hybridized carbons (Fsp3) is 0.375. The maximum atomic E-state index is 14.4. The molecule has 3 rings (SSSR count). The van der Waals surface area contributed by atoms with Crippen molar-refractivity contribution in [2.24, 2.45) is 0 Å². The van der Waals surface area contributed by atoms with E-state index in [0.717, 1.165) is 30.6 Å². The fourth-order valence-electron chi connectivity index (χ4n) is 2.57. The average Bonchev–Trinajstić information content (AvgIpc) is 3.15. The molecule has 0 spiro atoms. The van der Waals surface area contributed by atoms with Crippen LogP contribution in [0.1, 0.15) is 24.0 Å². The van der Waals surface area contributed by atoms with Gasteiger partial charge in [0.2, 0.25) is 0 Å². The minimum absolute atomic E-state index is 0.111. The van der Waals surface area contributed by atoms with Crippen LogP contribution in [0.5, 0.6) is 0 Å². The van der Waals surface area contributed by atoms with E-state index in [2.05, 4.69) is 27.0 Å². The number of anilines is 1. The van der Waals surface area contributed by atoms with Crippen molar-refractivity contribution in [3.05, 3.63) is 52.0 Å². The molecule has 1 aliphatic carbocycles. The zero-order valence-electron chi connectivity index (χ0n) is 11.6. The van der Waals surface area contributed by atoms with Gasteiger partial charge >= 0.3 is 0 Å². The minimum Gasteiger partial charge on any atom is -0.362 e. The highest BCUT2D eigenvalue weighted by Gasteiger charge is 2.32. The Balaban J connectivity index is 1.94. The van der Waals surface area contributed by atoms with Crippen LogP contribution in [0.15, 0.2) is 35.0 Å². The fourth-order valence-corrected chi connectivity index (χ4v) is 3.23. The smallest absolute Gasteiger partial charge is 0.146 e. The number of para-hydroxylation sites is 1. The summed E-state index contributed by atoms with van der Waals surface area (Å²) in [6, 6.07) is 7.98. The normalized spacial score (nSPS) is 14.5. The molecule has 1 fully saturated rings. The van der Waals surface area contributed by atoms with Crippen molar-refractivity contribution < 1.29 is 4.39 Å². The highest BCUT2D eigenvalue weighted by Crippen LogP contribution is 2.36. The molecule has 0 radical (unpaired) electrons. The first-order valence-electron chi connectivity index (χ1n) is 6.99. The van der Waals surface area contributed by atoms with Crippen LogP contribution in [0.4, 0.5) is 10.1 Å². The molecule has 0 amide bonds. The zero-order chi connectivity index (χ0) is 13.9. The molecule has 1 aromatic heterocycles. The topological polar surface area (TPSA) is 15.3 Å². The highest BCUT2D eigenvalue weighted by molar-refractivity contribution is 7.07. The number of nitrogens with zero attached hydrogens (tertiary/aromatic N) is 1. The lowest BCUT2D eigenvalue weighted by Gasteiger charge is -2.27. The van der Waals surface area contributed by atoms with E-state index in [9.17, 15) is 4.39 Å². The lowest BCUT2D eigenvalue weighted by atomic mass is 10.1. The summed E-state index contributed by atoms with van der Waals surface area (Å²) in [5.41, 5.74) is 3.07. The maximum Gasteiger partial charge on any atom is 0.146 e. The molecular weight excluding hydrogens is 271 g/mol. The van der Waals surface area contributed by atoms with Crippen LogP contribution in [-0.2, 0) is 13.1 Å². The van der Waals surface area contributed by atoms with E-state index < -0.39 is 0 Å². The van der Waals surface area contributed by atoms with Crippen molar-refractivity contribution in [3.8, 4) is 0 Å². The van der Waals surface area contributed by atoms with Gasteiger partial charge in [-0.15, -0.1) is 0 Å². The SMILES string of the molecule is CNCc1cccc(F)c1N(Cc1ccsc1)C1CC1. The van der Waals surface area contributed by atoms with Crippen molar-refractivity contribution in [1.82, 2.24) is 5.32 Å². The van der Waals surface area contributed by atoms with Crippen molar-refractivity contribution in [2.75, 3.05) is 11.9 Å². The number of halogens is 1. The van der Waals surface area contributed by atoms with Gasteiger partial charge in [0.1, 0.15) is 5.82 Å². The predicted molar refractivity (Wildman–Crippen MR) is 82.7 cm³/mol. The van der Waals surface area contributed by atoms with E-state index in [1.807, 2.05) is 13.1 Å². The highest BCUT2D eigenvalue weighted by atomic mass is 32.1. The number of thiophene rings is 1. The van der Waals surface area contributed by atoms with Crippen LogP contribution < -0.4 is 10.2 Å². The maximum absolute atomic E-state index is 14.4. The summed E-state index contributed by atoms with van der Waals surface area (Å²) in [6.07, 6.45) is 2.33. The van der Waals surface area contributed by atoms with Crippen molar-refractivity contribution in [1.29, 1.82) is 0 Å². The Morgan fingerprint density at radius 3 is 2.85 bits per heavy atom. The van der Waals surface area contributed by atoms with Gasteiger partial charge in [0.25, 0.3) is 0 Å². The van der Waals surface area contributed by atoms with Crippen LogP contribution in [0.3, 0.4) is 0 Å². The molecule has 0 saturated heterocycles. The quantitative estimate of drug-likeness (QED) is 0.871. The molecular formula is C16H19FN2S.